The van der Waals surface area contributed by atoms with Crippen LogP contribution in [-0.4, -0.2) is 20.0 Å². The van der Waals surface area contributed by atoms with E-state index in [1.54, 1.807) is 18.2 Å². The van der Waals surface area contributed by atoms with Crippen LogP contribution in [0.15, 0.2) is 63.9 Å². The molecule has 0 aliphatic carbocycles. The van der Waals surface area contributed by atoms with Gasteiger partial charge < -0.3 is 5.73 Å². The molecular formula is C17H12BrN5O. The van der Waals surface area contributed by atoms with Crippen molar-refractivity contribution in [3.8, 4) is 17.1 Å². The number of hydrogen-bond acceptors (Lipinski definition) is 4. The molecule has 0 amide bonds. The molecule has 0 unspecified atom stereocenters. The average Bonchev–Trinajstić information content (AvgIpc) is 2.98. The number of fused-ring (bicyclic) bond motifs is 1. The van der Waals surface area contributed by atoms with Gasteiger partial charge in [-0.3, -0.25) is 4.79 Å². The van der Waals surface area contributed by atoms with Crippen molar-refractivity contribution < 1.29 is 0 Å². The van der Waals surface area contributed by atoms with Gasteiger partial charge in [0.25, 0.3) is 5.56 Å². The van der Waals surface area contributed by atoms with Gasteiger partial charge in [-0.05, 0) is 18.2 Å². The summed E-state index contributed by atoms with van der Waals surface area (Å²) in [6.45, 7) is 0. The molecule has 2 aromatic heterocycles. The average molecular weight is 382 g/mol. The number of anilines is 1. The molecule has 7 heteroatoms. The number of rotatable bonds is 2. The number of aromatic amines is 1. The Morgan fingerprint density at radius 2 is 1.75 bits per heavy atom. The van der Waals surface area contributed by atoms with Gasteiger partial charge in [-0.1, -0.05) is 46.3 Å². The highest BCUT2D eigenvalue weighted by molar-refractivity contribution is 9.10. The molecule has 2 aromatic carbocycles. The lowest BCUT2D eigenvalue weighted by Crippen LogP contribution is -2.14. The third kappa shape index (κ3) is 2.39. The maximum atomic E-state index is 11.9. The maximum absolute atomic E-state index is 11.9. The van der Waals surface area contributed by atoms with E-state index in [4.69, 9.17) is 5.73 Å². The van der Waals surface area contributed by atoms with E-state index < -0.39 is 0 Å². The molecule has 3 N–H and O–H groups in total. The highest BCUT2D eigenvalue weighted by Gasteiger charge is 2.14. The molecule has 6 nitrogen and oxygen atoms in total. The second kappa shape index (κ2) is 5.61. The summed E-state index contributed by atoms with van der Waals surface area (Å²) in [6, 6.07) is 16.8. The largest absolute Gasteiger partial charge is 0.384 e. The number of hydrogen-bond donors (Lipinski definition) is 2. The predicted octanol–water partition coefficient (Wildman–Crippen LogP) is 3.12. The second-order valence-electron chi connectivity index (χ2n) is 5.30. The minimum atomic E-state index is -0.242. The lowest BCUT2D eigenvalue weighted by molar-refractivity contribution is 0.830. The summed E-state index contributed by atoms with van der Waals surface area (Å²) >= 11 is 3.41. The summed E-state index contributed by atoms with van der Waals surface area (Å²) in [4.78, 5) is 11.9. The number of halogens is 1. The summed E-state index contributed by atoms with van der Waals surface area (Å²) in [7, 11) is 0. The first kappa shape index (κ1) is 14.6. The third-order valence-corrected chi connectivity index (χ3v) is 4.28. The van der Waals surface area contributed by atoms with E-state index in [9.17, 15) is 4.79 Å². The normalized spacial score (nSPS) is 11.0. The molecule has 0 spiro atoms. The van der Waals surface area contributed by atoms with Crippen LogP contribution in [-0.2, 0) is 0 Å². The SMILES string of the molecule is Nc1cc(-c2ccc(Br)cc2)nn1-c1n[nH]c(=O)c2ccccc12. The van der Waals surface area contributed by atoms with E-state index in [1.807, 2.05) is 36.4 Å². The van der Waals surface area contributed by atoms with Crippen LogP contribution in [0, 0.1) is 0 Å². The molecule has 0 fully saturated rings. The quantitative estimate of drug-likeness (QED) is 0.558. The minimum absolute atomic E-state index is 0.242. The Hall–Kier alpha value is -2.93. The highest BCUT2D eigenvalue weighted by atomic mass is 79.9. The Labute approximate surface area is 145 Å². The van der Waals surface area contributed by atoms with Crippen LogP contribution in [0.2, 0.25) is 0 Å². The zero-order valence-corrected chi connectivity index (χ0v) is 14.0. The van der Waals surface area contributed by atoms with Gasteiger partial charge in [0.1, 0.15) is 5.82 Å². The van der Waals surface area contributed by atoms with Gasteiger partial charge >= 0.3 is 0 Å². The maximum Gasteiger partial charge on any atom is 0.272 e. The van der Waals surface area contributed by atoms with E-state index in [1.165, 1.54) is 4.68 Å². The van der Waals surface area contributed by atoms with Crippen LogP contribution in [0.3, 0.4) is 0 Å². The fourth-order valence-electron chi connectivity index (χ4n) is 2.59. The number of nitrogens with one attached hydrogen (secondary N) is 1. The fraction of sp³-hybridized carbons (Fsp3) is 0. The van der Waals surface area contributed by atoms with Crippen LogP contribution < -0.4 is 11.3 Å². The second-order valence-corrected chi connectivity index (χ2v) is 6.21. The topological polar surface area (TPSA) is 89.6 Å². The Balaban J connectivity index is 1.91. The number of H-pyrrole nitrogens is 1. The molecule has 4 rings (SSSR count). The third-order valence-electron chi connectivity index (χ3n) is 3.75. The summed E-state index contributed by atoms with van der Waals surface area (Å²) in [5.74, 6) is 0.934. The molecule has 0 saturated heterocycles. The van der Waals surface area contributed by atoms with Crippen LogP contribution in [0.1, 0.15) is 0 Å². The molecule has 118 valence electrons. The number of nitrogens with zero attached hydrogens (tertiary/aromatic N) is 3. The van der Waals surface area contributed by atoms with Crippen molar-refractivity contribution in [3.05, 3.63) is 69.4 Å². The number of benzene rings is 2. The molecule has 2 heterocycles. The zero-order chi connectivity index (χ0) is 16.7. The van der Waals surface area contributed by atoms with Crippen molar-refractivity contribution in [2.75, 3.05) is 5.73 Å². The van der Waals surface area contributed by atoms with Gasteiger partial charge in [0.05, 0.1) is 11.1 Å². The molecular weight excluding hydrogens is 370 g/mol. The van der Waals surface area contributed by atoms with Crippen molar-refractivity contribution in [2.24, 2.45) is 0 Å². The van der Waals surface area contributed by atoms with Crippen molar-refractivity contribution >= 4 is 32.5 Å². The lowest BCUT2D eigenvalue weighted by atomic mass is 10.2. The first-order valence-corrected chi connectivity index (χ1v) is 8.02. The lowest BCUT2D eigenvalue weighted by Gasteiger charge is -2.06. The van der Waals surface area contributed by atoms with Crippen molar-refractivity contribution in [1.82, 2.24) is 20.0 Å². The first-order chi connectivity index (χ1) is 11.6. The van der Waals surface area contributed by atoms with Gasteiger partial charge in [-0.25, -0.2) is 5.10 Å². The molecule has 0 atom stereocenters. The minimum Gasteiger partial charge on any atom is -0.384 e. The summed E-state index contributed by atoms with van der Waals surface area (Å²) in [5.41, 5.74) is 7.56. The van der Waals surface area contributed by atoms with Crippen LogP contribution in [0.4, 0.5) is 5.82 Å². The van der Waals surface area contributed by atoms with E-state index in [-0.39, 0.29) is 5.56 Å². The number of nitrogens with two attached hydrogens (primary N) is 1. The number of nitrogen functional groups attached to an aromatic ring is 1. The van der Waals surface area contributed by atoms with Crippen LogP contribution in [0.5, 0.6) is 0 Å². The molecule has 0 radical (unpaired) electrons. The first-order valence-electron chi connectivity index (χ1n) is 7.23. The highest BCUT2D eigenvalue weighted by Crippen LogP contribution is 2.25. The summed E-state index contributed by atoms with van der Waals surface area (Å²) in [5, 5.41) is 12.4. The predicted molar refractivity (Wildman–Crippen MR) is 97.0 cm³/mol. The van der Waals surface area contributed by atoms with Crippen LogP contribution in [0.25, 0.3) is 27.8 Å². The van der Waals surface area contributed by atoms with E-state index in [0.717, 1.165) is 15.7 Å². The van der Waals surface area contributed by atoms with Crippen molar-refractivity contribution in [2.45, 2.75) is 0 Å². The molecule has 0 aliphatic heterocycles. The van der Waals surface area contributed by atoms with Gasteiger partial charge in [0.15, 0.2) is 5.82 Å². The number of aromatic nitrogens is 4. The molecule has 0 saturated carbocycles. The molecule has 24 heavy (non-hydrogen) atoms. The van der Waals surface area contributed by atoms with Gasteiger partial charge in [0, 0.05) is 21.5 Å². The van der Waals surface area contributed by atoms with Gasteiger partial charge in [-0.15, -0.1) is 0 Å². The Morgan fingerprint density at radius 3 is 2.50 bits per heavy atom. The fourth-order valence-corrected chi connectivity index (χ4v) is 2.85. The summed E-state index contributed by atoms with van der Waals surface area (Å²) < 4.78 is 2.53. The van der Waals surface area contributed by atoms with Crippen molar-refractivity contribution in [3.63, 3.8) is 0 Å². The molecule has 0 aliphatic rings. The van der Waals surface area contributed by atoms with Gasteiger partial charge in [0.2, 0.25) is 0 Å². The van der Waals surface area contributed by atoms with Gasteiger partial charge in [-0.2, -0.15) is 14.9 Å². The van der Waals surface area contributed by atoms with Crippen molar-refractivity contribution in [1.29, 1.82) is 0 Å². The summed E-state index contributed by atoms with van der Waals surface area (Å²) in [6.07, 6.45) is 0. The van der Waals surface area contributed by atoms with Crippen LogP contribution >= 0.6 is 15.9 Å². The monoisotopic (exact) mass is 381 g/mol. The molecule has 0 bridgehead atoms. The van der Waals surface area contributed by atoms with E-state index in [0.29, 0.717) is 22.4 Å². The van der Waals surface area contributed by atoms with E-state index >= 15 is 0 Å². The molecule has 4 aromatic rings. The zero-order valence-electron chi connectivity index (χ0n) is 12.4. The van der Waals surface area contributed by atoms with E-state index in [2.05, 4.69) is 31.2 Å². The Morgan fingerprint density at radius 1 is 1.04 bits per heavy atom. The smallest absolute Gasteiger partial charge is 0.272 e. The standard InChI is InChI=1S/C17H12BrN5O/c18-11-7-5-10(6-8-11)14-9-15(19)23(22-14)16-12-3-1-2-4-13(12)17(24)21-20-16/h1-9H,19H2,(H,21,24). The Bertz CT molecular complexity index is 1100. The Kier molecular flexibility index (Phi) is 3.42.